The molecule has 0 aliphatic carbocycles. The highest BCUT2D eigenvalue weighted by Crippen LogP contribution is 2.28. The highest BCUT2D eigenvalue weighted by atomic mass is 16.5. The van der Waals surface area contributed by atoms with Gasteiger partial charge >= 0.3 is 5.97 Å². The largest absolute Gasteiger partial charge is 0.481 e. The Bertz CT molecular complexity index is 536. The Kier molecular flexibility index (Phi) is 3.04. The van der Waals surface area contributed by atoms with Crippen LogP contribution >= 0.6 is 0 Å². The maximum atomic E-state index is 10.4. The number of aryl methyl sites for hydroxylation is 1. The summed E-state index contributed by atoms with van der Waals surface area (Å²) < 4.78 is 10.4. The minimum Gasteiger partial charge on any atom is -0.481 e. The van der Waals surface area contributed by atoms with Gasteiger partial charge in [0.2, 0.25) is 5.89 Å². The van der Waals surface area contributed by atoms with E-state index in [2.05, 4.69) is 10.2 Å². The standard InChI is InChI=1S/C11H10N2O4/c1-7-12-13-11(17-7)8-4-2-3-5-9(8)16-6-10(14)15/h2-5H,6H2,1H3,(H,14,15). The Morgan fingerprint density at radius 1 is 1.41 bits per heavy atom. The van der Waals surface area contributed by atoms with Crippen LogP contribution in [0.1, 0.15) is 5.89 Å². The molecule has 6 heteroatoms. The number of aliphatic carboxylic acids is 1. The lowest BCUT2D eigenvalue weighted by Crippen LogP contribution is -2.09. The molecule has 1 heterocycles. The molecule has 0 spiro atoms. The van der Waals surface area contributed by atoms with Crippen molar-refractivity contribution >= 4 is 5.97 Å². The summed E-state index contributed by atoms with van der Waals surface area (Å²) in [7, 11) is 0. The molecule has 0 unspecified atom stereocenters. The fourth-order valence-electron chi connectivity index (χ4n) is 1.31. The minimum atomic E-state index is -1.04. The van der Waals surface area contributed by atoms with Gasteiger partial charge in [-0.05, 0) is 12.1 Å². The van der Waals surface area contributed by atoms with Crippen molar-refractivity contribution in [3.63, 3.8) is 0 Å². The van der Waals surface area contributed by atoms with Crippen LogP contribution < -0.4 is 4.74 Å². The number of benzene rings is 1. The van der Waals surface area contributed by atoms with Crippen LogP contribution in [0.4, 0.5) is 0 Å². The van der Waals surface area contributed by atoms with Gasteiger partial charge in [-0.3, -0.25) is 0 Å². The SMILES string of the molecule is Cc1nnc(-c2ccccc2OCC(=O)O)o1. The molecule has 6 nitrogen and oxygen atoms in total. The monoisotopic (exact) mass is 234 g/mol. The number of hydrogen-bond donors (Lipinski definition) is 1. The van der Waals surface area contributed by atoms with Gasteiger partial charge in [0.15, 0.2) is 6.61 Å². The number of para-hydroxylation sites is 1. The molecule has 0 radical (unpaired) electrons. The van der Waals surface area contributed by atoms with Crippen molar-refractivity contribution in [2.75, 3.05) is 6.61 Å². The predicted octanol–water partition coefficient (Wildman–Crippen LogP) is 1.51. The maximum Gasteiger partial charge on any atom is 0.341 e. The van der Waals surface area contributed by atoms with E-state index in [0.717, 1.165) is 0 Å². The normalized spacial score (nSPS) is 10.2. The van der Waals surface area contributed by atoms with Gasteiger partial charge in [0.1, 0.15) is 5.75 Å². The highest BCUT2D eigenvalue weighted by molar-refractivity contribution is 5.69. The van der Waals surface area contributed by atoms with Crippen LogP contribution in [0.2, 0.25) is 0 Å². The fraction of sp³-hybridized carbons (Fsp3) is 0.182. The Morgan fingerprint density at radius 2 is 2.18 bits per heavy atom. The number of aromatic nitrogens is 2. The number of carbonyl (C=O) groups is 1. The van der Waals surface area contributed by atoms with Crippen LogP contribution in [0, 0.1) is 6.92 Å². The van der Waals surface area contributed by atoms with Gasteiger partial charge in [0, 0.05) is 6.92 Å². The van der Waals surface area contributed by atoms with Crippen molar-refractivity contribution < 1.29 is 19.1 Å². The third kappa shape index (κ3) is 2.60. The average molecular weight is 234 g/mol. The summed E-state index contributed by atoms with van der Waals surface area (Å²) in [6, 6.07) is 6.90. The zero-order valence-electron chi connectivity index (χ0n) is 9.08. The smallest absolute Gasteiger partial charge is 0.341 e. The van der Waals surface area contributed by atoms with Gasteiger partial charge in [-0.25, -0.2) is 4.79 Å². The molecule has 88 valence electrons. The molecule has 0 amide bonds. The first-order valence-corrected chi connectivity index (χ1v) is 4.91. The van der Waals surface area contributed by atoms with Crippen LogP contribution in [0.25, 0.3) is 11.5 Å². The Balaban J connectivity index is 2.30. The van der Waals surface area contributed by atoms with Gasteiger partial charge in [-0.15, -0.1) is 10.2 Å². The lowest BCUT2D eigenvalue weighted by atomic mass is 10.2. The lowest BCUT2D eigenvalue weighted by Gasteiger charge is -2.06. The van der Waals surface area contributed by atoms with E-state index in [1.165, 1.54) is 0 Å². The van der Waals surface area contributed by atoms with Gasteiger partial charge < -0.3 is 14.3 Å². The summed E-state index contributed by atoms with van der Waals surface area (Å²) >= 11 is 0. The van der Waals surface area contributed by atoms with E-state index in [1.807, 2.05) is 0 Å². The molecule has 1 N–H and O–H groups in total. The van der Waals surface area contributed by atoms with Crippen LogP contribution in [0.3, 0.4) is 0 Å². The van der Waals surface area contributed by atoms with Crippen molar-refractivity contribution in [3.05, 3.63) is 30.2 Å². The van der Waals surface area contributed by atoms with Crippen LogP contribution in [-0.2, 0) is 4.79 Å². The number of nitrogens with zero attached hydrogens (tertiary/aromatic N) is 2. The third-order valence-electron chi connectivity index (χ3n) is 1.99. The van der Waals surface area contributed by atoms with Crippen molar-refractivity contribution in [3.8, 4) is 17.2 Å². The van der Waals surface area contributed by atoms with Crippen molar-refractivity contribution in [1.82, 2.24) is 10.2 Å². The Hall–Kier alpha value is -2.37. The number of carboxylic acids is 1. The highest BCUT2D eigenvalue weighted by Gasteiger charge is 2.12. The maximum absolute atomic E-state index is 10.4. The second kappa shape index (κ2) is 4.65. The van der Waals surface area contributed by atoms with Crippen molar-refractivity contribution in [2.24, 2.45) is 0 Å². The summed E-state index contributed by atoms with van der Waals surface area (Å²) in [5.41, 5.74) is 0.578. The van der Waals surface area contributed by atoms with Gasteiger partial charge in [0.05, 0.1) is 5.56 Å². The molecule has 0 aliphatic heterocycles. The van der Waals surface area contributed by atoms with Gasteiger partial charge in [-0.1, -0.05) is 12.1 Å². The van der Waals surface area contributed by atoms with E-state index in [-0.39, 0.29) is 0 Å². The molecule has 2 aromatic rings. The van der Waals surface area contributed by atoms with Crippen LogP contribution in [0.5, 0.6) is 5.75 Å². The molecule has 0 saturated carbocycles. The first-order chi connectivity index (χ1) is 8.16. The second-order valence-corrected chi connectivity index (χ2v) is 3.30. The number of ether oxygens (including phenoxy) is 1. The zero-order chi connectivity index (χ0) is 12.3. The summed E-state index contributed by atoms with van der Waals surface area (Å²) in [6.45, 7) is 1.27. The van der Waals surface area contributed by atoms with Crippen LogP contribution in [-0.4, -0.2) is 27.9 Å². The lowest BCUT2D eigenvalue weighted by molar-refractivity contribution is -0.139. The first kappa shape index (κ1) is 11.1. The Morgan fingerprint density at radius 3 is 2.82 bits per heavy atom. The summed E-state index contributed by atoms with van der Waals surface area (Å²) in [5.74, 6) is 0.108. The van der Waals surface area contributed by atoms with E-state index in [0.29, 0.717) is 23.1 Å². The van der Waals surface area contributed by atoms with E-state index in [9.17, 15) is 4.79 Å². The molecule has 1 aromatic heterocycles. The summed E-state index contributed by atoms with van der Waals surface area (Å²) in [4.78, 5) is 10.4. The Labute approximate surface area is 96.9 Å². The molecular formula is C11H10N2O4. The number of rotatable bonds is 4. The molecule has 1 aromatic carbocycles. The van der Waals surface area contributed by atoms with Crippen molar-refractivity contribution in [2.45, 2.75) is 6.92 Å². The third-order valence-corrected chi connectivity index (χ3v) is 1.99. The quantitative estimate of drug-likeness (QED) is 0.862. The zero-order valence-corrected chi connectivity index (χ0v) is 9.08. The summed E-state index contributed by atoms with van der Waals surface area (Å²) in [5, 5.41) is 16.1. The van der Waals surface area contributed by atoms with E-state index < -0.39 is 12.6 Å². The van der Waals surface area contributed by atoms with E-state index in [4.69, 9.17) is 14.3 Å². The van der Waals surface area contributed by atoms with E-state index in [1.54, 1.807) is 31.2 Å². The van der Waals surface area contributed by atoms with Gasteiger partial charge in [-0.2, -0.15) is 0 Å². The fourth-order valence-corrected chi connectivity index (χ4v) is 1.31. The molecule has 0 atom stereocenters. The molecule has 0 saturated heterocycles. The number of hydrogen-bond acceptors (Lipinski definition) is 5. The topological polar surface area (TPSA) is 85.5 Å². The van der Waals surface area contributed by atoms with E-state index >= 15 is 0 Å². The van der Waals surface area contributed by atoms with Crippen molar-refractivity contribution in [1.29, 1.82) is 0 Å². The number of carboxylic acid groups (broad SMARTS) is 1. The first-order valence-electron chi connectivity index (χ1n) is 4.91. The molecule has 0 aliphatic rings. The van der Waals surface area contributed by atoms with Gasteiger partial charge in [0.25, 0.3) is 5.89 Å². The molecular weight excluding hydrogens is 224 g/mol. The second-order valence-electron chi connectivity index (χ2n) is 3.30. The molecule has 2 rings (SSSR count). The molecule has 0 bridgehead atoms. The molecule has 17 heavy (non-hydrogen) atoms. The predicted molar refractivity (Wildman–Crippen MR) is 57.6 cm³/mol. The average Bonchev–Trinajstić information content (AvgIpc) is 2.73. The summed E-state index contributed by atoms with van der Waals surface area (Å²) in [6.07, 6.45) is 0. The van der Waals surface area contributed by atoms with Crippen LogP contribution in [0.15, 0.2) is 28.7 Å². The molecule has 0 fully saturated rings. The minimum absolute atomic E-state index is 0.309.